The van der Waals surface area contributed by atoms with Crippen LogP contribution in [0.3, 0.4) is 0 Å². The van der Waals surface area contributed by atoms with E-state index in [4.69, 9.17) is 14.2 Å². The van der Waals surface area contributed by atoms with Gasteiger partial charge in [0.1, 0.15) is 13.2 Å². The molecule has 0 amide bonds. The number of rotatable bonds is 62. The van der Waals surface area contributed by atoms with E-state index >= 15 is 0 Å². The van der Waals surface area contributed by atoms with Gasteiger partial charge in [-0.25, -0.2) is 0 Å². The Kier molecular flexibility index (Phi) is 64.7. The van der Waals surface area contributed by atoms with Crippen LogP contribution < -0.4 is 0 Å². The molecule has 80 heavy (non-hydrogen) atoms. The number of ether oxygens (including phenoxy) is 3. The van der Waals surface area contributed by atoms with Crippen molar-refractivity contribution in [2.45, 2.75) is 341 Å². The molecule has 0 bridgehead atoms. The van der Waals surface area contributed by atoms with Crippen molar-refractivity contribution in [1.29, 1.82) is 0 Å². The first kappa shape index (κ1) is 76.3. The van der Waals surface area contributed by atoms with Crippen molar-refractivity contribution >= 4 is 17.9 Å². The maximum atomic E-state index is 12.9. The van der Waals surface area contributed by atoms with Gasteiger partial charge < -0.3 is 14.2 Å². The second-order valence-electron chi connectivity index (χ2n) is 22.7. The zero-order chi connectivity index (χ0) is 57.8. The van der Waals surface area contributed by atoms with E-state index in [9.17, 15) is 14.4 Å². The van der Waals surface area contributed by atoms with Gasteiger partial charge in [-0.3, -0.25) is 14.4 Å². The van der Waals surface area contributed by atoms with Crippen LogP contribution in [0.5, 0.6) is 0 Å². The first-order chi connectivity index (χ1) is 39.5. The molecular weight excluding hydrogens is 985 g/mol. The number of unbranched alkanes of at least 4 members (excludes halogenated alkanes) is 35. The van der Waals surface area contributed by atoms with Gasteiger partial charge in [0.05, 0.1) is 0 Å². The van der Waals surface area contributed by atoms with E-state index in [0.717, 1.165) is 103 Å². The molecule has 0 aromatic rings. The molecule has 0 radical (unpaired) electrons. The van der Waals surface area contributed by atoms with E-state index in [0.29, 0.717) is 19.3 Å². The summed E-state index contributed by atoms with van der Waals surface area (Å²) in [6.45, 7) is 6.52. The van der Waals surface area contributed by atoms with E-state index < -0.39 is 6.10 Å². The third-order valence-corrected chi connectivity index (χ3v) is 14.8. The lowest BCUT2D eigenvalue weighted by Crippen LogP contribution is -2.30. The molecule has 460 valence electrons. The zero-order valence-corrected chi connectivity index (χ0v) is 52.8. The molecule has 1 unspecified atom stereocenters. The fourth-order valence-electron chi connectivity index (χ4n) is 9.67. The van der Waals surface area contributed by atoms with E-state index in [1.54, 1.807) is 0 Å². The summed E-state index contributed by atoms with van der Waals surface area (Å²) in [6, 6.07) is 0. The molecule has 0 saturated carbocycles. The molecule has 0 spiro atoms. The third-order valence-electron chi connectivity index (χ3n) is 14.8. The van der Waals surface area contributed by atoms with Crippen LogP contribution in [0.15, 0.2) is 97.2 Å². The highest BCUT2D eigenvalue weighted by Crippen LogP contribution is 2.17. The summed E-state index contributed by atoms with van der Waals surface area (Å²) in [5, 5.41) is 0. The first-order valence-electron chi connectivity index (χ1n) is 34.2. The van der Waals surface area contributed by atoms with Gasteiger partial charge in [0, 0.05) is 19.3 Å². The van der Waals surface area contributed by atoms with Crippen molar-refractivity contribution in [3.63, 3.8) is 0 Å². The van der Waals surface area contributed by atoms with Gasteiger partial charge in [-0.1, -0.05) is 291 Å². The molecule has 1 atom stereocenters. The van der Waals surface area contributed by atoms with Crippen molar-refractivity contribution in [3.8, 4) is 0 Å². The summed E-state index contributed by atoms with van der Waals surface area (Å²) in [4.78, 5) is 38.3. The molecule has 0 rings (SSSR count). The summed E-state index contributed by atoms with van der Waals surface area (Å²) in [5.74, 6) is -0.879. The Morgan fingerprint density at radius 1 is 0.263 bits per heavy atom. The number of esters is 3. The normalized spacial score (nSPS) is 12.7. The Morgan fingerprint density at radius 3 is 0.800 bits per heavy atom. The van der Waals surface area contributed by atoms with Crippen molar-refractivity contribution in [3.05, 3.63) is 97.2 Å². The Bertz CT molecular complexity index is 1560. The molecule has 0 fully saturated rings. The standard InChI is InChI=1S/C74H128O6/c1-4-7-10-13-16-19-22-25-27-29-31-32-33-34-35-36-37-38-39-40-41-42-44-45-47-49-52-55-58-61-64-67-73(76)79-70-71(69-78-72(75)66-63-60-57-54-51-24-21-18-15-12-9-6-3)80-74(77)68-65-62-59-56-53-50-48-46-43-30-28-26-23-20-17-14-11-8-5-2/h7,10,16,18-19,21,25-28,31-32,34-35,37-38,71H,4-6,8-9,11-15,17,20,22-24,29-30,33,36,39-70H2,1-3H3/b10-7-,19-16-,21-18-,27-25-,28-26-,32-31-,35-34-,38-37-. The van der Waals surface area contributed by atoms with Crippen LogP contribution >= 0.6 is 0 Å². The molecule has 0 N–H and O–H groups in total. The van der Waals surface area contributed by atoms with Crippen molar-refractivity contribution < 1.29 is 28.6 Å². The van der Waals surface area contributed by atoms with Gasteiger partial charge in [-0.15, -0.1) is 0 Å². The van der Waals surface area contributed by atoms with Crippen molar-refractivity contribution in [2.75, 3.05) is 13.2 Å². The predicted molar refractivity (Wildman–Crippen MR) is 348 cm³/mol. The van der Waals surface area contributed by atoms with Crippen LogP contribution in [-0.2, 0) is 28.6 Å². The average Bonchev–Trinajstić information content (AvgIpc) is 3.46. The average molecular weight is 1110 g/mol. The SMILES string of the molecule is CC/C=C\C/C=C\C/C=C\C/C=C\C/C=C\C/C=C\CCCCCCCCCCCCCCC(=O)OCC(COC(=O)CCCCCCC/C=C\CCCCC)OC(=O)CCCCCCCCCCC/C=C\CCCCCCCC. The number of hydrogen-bond donors (Lipinski definition) is 0. The van der Waals surface area contributed by atoms with Crippen LogP contribution in [0.1, 0.15) is 335 Å². The maximum absolute atomic E-state index is 12.9. The molecule has 0 saturated heterocycles. The largest absolute Gasteiger partial charge is 0.462 e. The smallest absolute Gasteiger partial charge is 0.306 e. The topological polar surface area (TPSA) is 78.9 Å². The maximum Gasteiger partial charge on any atom is 0.306 e. The van der Waals surface area contributed by atoms with Crippen LogP contribution in [0.25, 0.3) is 0 Å². The van der Waals surface area contributed by atoms with Gasteiger partial charge in [-0.05, 0) is 122 Å². The zero-order valence-electron chi connectivity index (χ0n) is 52.8. The molecule has 0 heterocycles. The second kappa shape index (κ2) is 67.8. The van der Waals surface area contributed by atoms with E-state index in [2.05, 4.69) is 118 Å². The first-order valence-corrected chi connectivity index (χ1v) is 34.2. The number of allylic oxidation sites excluding steroid dienone is 16. The van der Waals surface area contributed by atoms with Gasteiger partial charge in [0.2, 0.25) is 0 Å². The highest BCUT2D eigenvalue weighted by molar-refractivity contribution is 5.71. The summed E-state index contributed by atoms with van der Waals surface area (Å²) in [7, 11) is 0. The monoisotopic (exact) mass is 1110 g/mol. The lowest BCUT2D eigenvalue weighted by molar-refractivity contribution is -0.167. The minimum atomic E-state index is -0.783. The number of carbonyl (C=O) groups is 3. The van der Waals surface area contributed by atoms with Gasteiger partial charge in [0.25, 0.3) is 0 Å². The van der Waals surface area contributed by atoms with Gasteiger partial charge in [-0.2, -0.15) is 0 Å². The Balaban J connectivity index is 4.23. The Labute approximate surface area is 496 Å². The van der Waals surface area contributed by atoms with E-state index in [1.807, 2.05) is 0 Å². The van der Waals surface area contributed by atoms with Crippen LogP contribution in [0.2, 0.25) is 0 Å². The molecule has 0 aliphatic heterocycles. The molecule has 0 aromatic carbocycles. The van der Waals surface area contributed by atoms with E-state index in [1.165, 1.54) is 193 Å². The summed E-state index contributed by atoms with van der Waals surface area (Å²) in [5.41, 5.74) is 0. The highest BCUT2D eigenvalue weighted by atomic mass is 16.6. The quantitative estimate of drug-likeness (QED) is 0.0261. The lowest BCUT2D eigenvalue weighted by atomic mass is 10.0. The second-order valence-corrected chi connectivity index (χ2v) is 22.7. The minimum absolute atomic E-state index is 0.0795. The van der Waals surface area contributed by atoms with E-state index in [-0.39, 0.29) is 31.1 Å². The molecule has 0 aliphatic rings. The molecule has 6 heteroatoms. The lowest BCUT2D eigenvalue weighted by Gasteiger charge is -2.18. The summed E-state index contributed by atoms with van der Waals surface area (Å²) in [6.07, 6.45) is 91.4. The molecular formula is C74H128O6. The number of hydrogen-bond acceptors (Lipinski definition) is 6. The van der Waals surface area contributed by atoms with Gasteiger partial charge >= 0.3 is 17.9 Å². The highest BCUT2D eigenvalue weighted by Gasteiger charge is 2.19. The van der Waals surface area contributed by atoms with Crippen molar-refractivity contribution in [2.24, 2.45) is 0 Å². The third kappa shape index (κ3) is 65.1. The summed E-state index contributed by atoms with van der Waals surface area (Å²) >= 11 is 0. The molecule has 0 aliphatic carbocycles. The Morgan fingerprint density at radius 2 is 0.487 bits per heavy atom. The fourth-order valence-corrected chi connectivity index (χ4v) is 9.67. The fraction of sp³-hybridized carbons (Fsp3) is 0.743. The van der Waals surface area contributed by atoms with Crippen LogP contribution in [0, 0.1) is 0 Å². The summed E-state index contributed by atoms with van der Waals surface area (Å²) < 4.78 is 16.9. The van der Waals surface area contributed by atoms with Crippen LogP contribution in [0.4, 0.5) is 0 Å². The predicted octanol–water partition coefficient (Wildman–Crippen LogP) is 23.6. The number of carbonyl (C=O) groups excluding carboxylic acids is 3. The minimum Gasteiger partial charge on any atom is -0.462 e. The molecule has 6 nitrogen and oxygen atoms in total. The Hall–Kier alpha value is -3.67. The molecule has 0 aromatic heterocycles. The van der Waals surface area contributed by atoms with Crippen LogP contribution in [-0.4, -0.2) is 37.2 Å². The van der Waals surface area contributed by atoms with Crippen molar-refractivity contribution in [1.82, 2.24) is 0 Å². The van der Waals surface area contributed by atoms with Gasteiger partial charge in [0.15, 0.2) is 6.10 Å².